The highest BCUT2D eigenvalue weighted by atomic mass is 15.2. The van der Waals surface area contributed by atoms with Gasteiger partial charge >= 0.3 is 0 Å². The molecule has 2 heteroatoms. The van der Waals surface area contributed by atoms with Crippen LogP contribution in [0.2, 0.25) is 0 Å². The second kappa shape index (κ2) is 5.31. The predicted molar refractivity (Wildman–Crippen MR) is 77.2 cm³/mol. The van der Waals surface area contributed by atoms with Crippen molar-refractivity contribution in [3.8, 4) is 0 Å². The van der Waals surface area contributed by atoms with Crippen molar-refractivity contribution in [2.75, 3.05) is 18.0 Å². The molecule has 2 atom stereocenters. The summed E-state index contributed by atoms with van der Waals surface area (Å²) < 4.78 is 0. The van der Waals surface area contributed by atoms with E-state index in [-0.39, 0.29) is 0 Å². The van der Waals surface area contributed by atoms with Crippen molar-refractivity contribution < 1.29 is 0 Å². The molecule has 1 saturated heterocycles. The molecule has 0 aromatic heterocycles. The summed E-state index contributed by atoms with van der Waals surface area (Å²) >= 11 is 0. The van der Waals surface area contributed by atoms with Crippen molar-refractivity contribution in [2.24, 2.45) is 0 Å². The normalized spacial score (nSPS) is 28.6. The Balaban J connectivity index is 1.89. The average Bonchev–Trinajstić information content (AvgIpc) is 2.67. The number of hydrogen-bond donors (Lipinski definition) is 1. The Kier molecular flexibility index (Phi) is 3.55. The van der Waals surface area contributed by atoms with E-state index < -0.39 is 0 Å². The molecule has 1 fully saturated rings. The smallest absolute Gasteiger partial charge is 0.0417 e. The third kappa shape index (κ3) is 2.26. The van der Waals surface area contributed by atoms with Gasteiger partial charge in [-0.15, -0.1) is 0 Å². The lowest BCUT2D eigenvalue weighted by Gasteiger charge is -2.42. The van der Waals surface area contributed by atoms with Gasteiger partial charge in [0.1, 0.15) is 0 Å². The number of nitrogens with one attached hydrogen (secondary N) is 1. The largest absolute Gasteiger partial charge is 0.364 e. The molecule has 0 bridgehead atoms. The maximum atomic E-state index is 3.60. The van der Waals surface area contributed by atoms with Crippen LogP contribution in [-0.4, -0.2) is 25.2 Å². The lowest BCUT2D eigenvalue weighted by molar-refractivity contribution is 0.458. The average molecular weight is 244 g/mol. The standard InChI is InChI=1S/C16H24N2/c1-13-9-10-14-6-2-3-8-16(14)18(13)15-7-4-5-11-17-12-15/h2-3,6,8,13,15,17H,4-5,7,9-12H2,1H3. The number of fused-ring (bicyclic) bond motifs is 1. The lowest BCUT2D eigenvalue weighted by atomic mass is 9.93. The Labute approximate surface area is 110 Å². The highest BCUT2D eigenvalue weighted by Crippen LogP contribution is 2.33. The summed E-state index contributed by atoms with van der Waals surface area (Å²) in [7, 11) is 0. The van der Waals surface area contributed by atoms with Crippen LogP contribution >= 0.6 is 0 Å². The summed E-state index contributed by atoms with van der Waals surface area (Å²) in [6, 6.07) is 10.4. The summed E-state index contributed by atoms with van der Waals surface area (Å²) in [5, 5.41) is 3.60. The van der Waals surface area contributed by atoms with Crippen LogP contribution in [-0.2, 0) is 6.42 Å². The minimum absolute atomic E-state index is 0.684. The first-order valence-electron chi connectivity index (χ1n) is 7.43. The van der Waals surface area contributed by atoms with Crippen LogP contribution < -0.4 is 10.2 Å². The maximum absolute atomic E-state index is 3.60. The second-order valence-electron chi connectivity index (χ2n) is 5.78. The Bertz CT molecular complexity index is 394. The maximum Gasteiger partial charge on any atom is 0.0417 e. The molecule has 2 aliphatic heterocycles. The zero-order chi connectivity index (χ0) is 12.4. The van der Waals surface area contributed by atoms with Crippen molar-refractivity contribution >= 4 is 5.69 Å². The zero-order valence-electron chi connectivity index (χ0n) is 11.4. The molecule has 2 heterocycles. The SMILES string of the molecule is CC1CCc2ccccc2N1C1CCCCNC1. The molecule has 1 N–H and O–H groups in total. The highest BCUT2D eigenvalue weighted by Gasteiger charge is 2.29. The Morgan fingerprint density at radius 3 is 3.00 bits per heavy atom. The van der Waals surface area contributed by atoms with Crippen LogP contribution in [0.3, 0.4) is 0 Å². The fourth-order valence-corrected chi connectivity index (χ4v) is 3.51. The van der Waals surface area contributed by atoms with E-state index in [2.05, 4.69) is 41.4 Å². The van der Waals surface area contributed by atoms with Crippen molar-refractivity contribution in [1.29, 1.82) is 0 Å². The molecule has 2 unspecified atom stereocenters. The van der Waals surface area contributed by atoms with Crippen molar-refractivity contribution in [1.82, 2.24) is 5.32 Å². The van der Waals surface area contributed by atoms with Gasteiger partial charge in [-0.05, 0) is 50.8 Å². The first kappa shape index (κ1) is 12.0. The number of aryl methyl sites for hydroxylation is 1. The number of rotatable bonds is 1. The molecule has 0 aliphatic carbocycles. The van der Waals surface area contributed by atoms with E-state index >= 15 is 0 Å². The molecule has 1 aromatic carbocycles. The van der Waals surface area contributed by atoms with E-state index in [9.17, 15) is 0 Å². The molecule has 2 nitrogen and oxygen atoms in total. The van der Waals surface area contributed by atoms with Gasteiger partial charge in [-0.3, -0.25) is 0 Å². The van der Waals surface area contributed by atoms with Gasteiger partial charge in [0.05, 0.1) is 0 Å². The van der Waals surface area contributed by atoms with E-state index in [1.54, 1.807) is 5.56 Å². The van der Waals surface area contributed by atoms with E-state index in [1.807, 2.05) is 0 Å². The molecule has 2 aliphatic rings. The van der Waals surface area contributed by atoms with Gasteiger partial charge in [0.15, 0.2) is 0 Å². The third-order valence-electron chi connectivity index (χ3n) is 4.49. The summed E-state index contributed by atoms with van der Waals surface area (Å²) in [4.78, 5) is 2.69. The summed E-state index contributed by atoms with van der Waals surface area (Å²) in [5.41, 5.74) is 3.03. The van der Waals surface area contributed by atoms with E-state index in [4.69, 9.17) is 0 Å². The number of nitrogens with zero attached hydrogens (tertiary/aromatic N) is 1. The second-order valence-corrected chi connectivity index (χ2v) is 5.78. The van der Waals surface area contributed by atoms with Crippen molar-refractivity contribution in [2.45, 2.75) is 51.1 Å². The molecular formula is C16H24N2. The monoisotopic (exact) mass is 244 g/mol. The van der Waals surface area contributed by atoms with Crippen LogP contribution in [0, 0.1) is 0 Å². The first-order valence-corrected chi connectivity index (χ1v) is 7.43. The third-order valence-corrected chi connectivity index (χ3v) is 4.49. The van der Waals surface area contributed by atoms with Crippen molar-refractivity contribution in [3.05, 3.63) is 29.8 Å². The molecule has 3 rings (SSSR count). The zero-order valence-corrected chi connectivity index (χ0v) is 11.4. The van der Waals surface area contributed by atoms with Gasteiger partial charge in [-0.25, -0.2) is 0 Å². The van der Waals surface area contributed by atoms with Gasteiger partial charge in [0.25, 0.3) is 0 Å². The molecule has 0 spiro atoms. The fourth-order valence-electron chi connectivity index (χ4n) is 3.51. The highest BCUT2D eigenvalue weighted by molar-refractivity contribution is 5.57. The molecule has 98 valence electrons. The lowest BCUT2D eigenvalue weighted by Crippen LogP contribution is -2.48. The van der Waals surface area contributed by atoms with E-state index in [1.165, 1.54) is 44.3 Å². The first-order chi connectivity index (χ1) is 8.86. The molecule has 18 heavy (non-hydrogen) atoms. The molecule has 0 radical (unpaired) electrons. The molecule has 0 amide bonds. The number of hydrogen-bond acceptors (Lipinski definition) is 2. The van der Waals surface area contributed by atoms with E-state index in [0.717, 1.165) is 6.54 Å². The Hall–Kier alpha value is -1.02. The van der Waals surface area contributed by atoms with Gasteiger partial charge in [-0.2, -0.15) is 0 Å². The number of para-hydroxylation sites is 1. The Morgan fingerprint density at radius 2 is 2.06 bits per heavy atom. The van der Waals surface area contributed by atoms with Crippen LogP contribution in [0.25, 0.3) is 0 Å². The number of anilines is 1. The molecular weight excluding hydrogens is 220 g/mol. The van der Waals surface area contributed by atoms with Gasteiger partial charge in [-0.1, -0.05) is 24.6 Å². The van der Waals surface area contributed by atoms with Crippen LogP contribution in [0.5, 0.6) is 0 Å². The minimum atomic E-state index is 0.684. The quantitative estimate of drug-likeness (QED) is 0.817. The topological polar surface area (TPSA) is 15.3 Å². The van der Waals surface area contributed by atoms with Crippen LogP contribution in [0.4, 0.5) is 5.69 Å². The van der Waals surface area contributed by atoms with Gasteiger partial charge in [0.2, 0.25) is 0 Å². The molecule has 0 saturated carbocycles. The van der Waals surface area contributed by atoms with Crippen molar-refractivity contribution in [3.63, 3.8) is 0 Å². The van der Waals surface area contributed by atoms with Crippen LogP contribution in [0.1, 0.15) is 38.2 Å². The van der Waals surface area contributed by atoms with Gasteiger partial charge < -0.3 is 10.2 Å². The molecule has 1 aromatic rings. The van der Waals surface area contributed by atoms with Gasteiger partial charge in [0, 0.05) is 24.3 Å². The minimum Gasteiger partial charge on any atom is -0.364 e. The summed E-state index contributed by atoms with van der Waals surface area (Å²) in [5.74, 6) is 0. The number of benzene rings is 1. The van der Waals surface area contributed by atoms with Crippen LogP contribution in [0.15, 0.2) is 24.3 Å². The Morgan fingerprint density at radius 1 is 1.17 bits per heavy atom. The van der Waals surface area contributed by atoms with E-state index in [0.29, 0.717) is 12.1 Å². The summed E-state index contributed by atoms with van der Waals surface area (Å²) in [6.45, 7) is 4.74. The fraction of sp³-hybridized carbons (Fsp3) is 0.625. The predicted octanol–water partition coefficient (Wildman–Crippen LogP) is 2.97. The summed E-state index contributed by atoms with van der Waals surface area (Å²) in [6.07, 6.45) is 6.58.